The van der Waals surface area contributed by atoms with Crippen molar-refractivity contribution in [2.75, 3.05) is 6.61 Å². The van der Waals surface area contributed by atoms with E-state index < -0.39 is 0 Å². The first kappa shape index (κ1) is 35.8. The summed E-state index contributed by atoms with van der Waals surface area (Å²) in [5, 5.41) is 0. The van der Waals surface area contributed by atoms with Gasteiger partial charge in [-0.15, -0.1) is 0 Å². The summed E-state index contributed by atoms with van der Waals surface area (Å²) in [5.74, 6) is 1.79. The number of allylic oxidation sites excluding steroid dienone is 4. The van der Waals surface area contributed by atoms with Crippen LogP contribution in [-0.4, -0.2) is 12.6 Å². The zero-order chi connectivity index (χ0) is 24.6. The Labute approximate surface area is 228 Å². The number of ether oxygens (including phenoxy) is 1. The molecule has 0 radical (unpaired) electrons. The third-order valence-electron chi connectivity index (χ3n) is 6.40. The van der Waals surface area contributed by atoms with Crippen molar-refractivity contribution in [1.82, 2.24) is 0 Å². The van der Waals surface area contributed by atoms with Crippen molar-refractivity contribution in [2.45, 2.75) is 137 Å². The van der Waals surface area contributed by atoms with Crippen LogP contribution in [0.2, 0.25) is 0 Å². The molecule has 2 nitrogen and oxygen atoms in total. The van der Waals surface area contributed by atoms with E-state index >= 15 is 0 Å². The summed E-state index contributed by atoms with van der Waals surface area (Å²) >= 11 is 0. The molecule has 0 heterocycles. The molecule has 1 unspecified atom stereocenters. The van der Waals surface area contributed by atoms with E-state index in [0.29, 0.717) is 24.9 Å². The zero-order valence-corrected chi connectivity index (χ0v) is 26.3. The number of hydrogen-bond acceptors (Lipinski definition) is 2. The second kappa shape index (κ2) is 27.2. The molecular weight excluding hydrogens is 588 g/mol. The predicted octanol–water partition coefficient (Wildman–Crippen LogP) is 10.0. The van der Waals surface area contributed by atoms with Gasteiger partial charge in [-0.25, -0.2) is 0 Å². The van der Waals surface area contributed by atoms with Gasteiger partial charge < -0.3 is 11.2 Å². The van der Waals surface area contributed by atoms with Gasteiger partial charge in [0, 0.05) is 27.5 Å². The summed E-state index contributed by atoms with van der Waals surface area (Å²) in [5.41, 5.74) is 0. The maximum atomic E-state index is 12.0. The van der Waals surface area contributed by atoms with Gasteiger partial charge in [0.1, 0.15) is 0 Å². The van der Waals surface area contributed by atoms with E-state index in [-0.39, 0.29) is 27.0 Å². The molecule has 0 aliphatic rings. The van der Waals surface area contributed by atoms with Crippen LogP contribution in [-0.2, 0) is 30.6 Å². The van der Waals surface area contributed by atoms with Gasteiger partial charge in [0.25, 0.3) is 0 Å². The van der Waals surface area contributed by atoms with Crippen molar-refractivity contribution in [3.05, 3.63) is 30.7 Å². The largest absolute Gasteiger partial charge is 0.465 e. The molecule has 200 valence electrons. The first-order valence-electron chi connectivity index (χ1n) is 14.2. The standard InChI is InChI=1S/C31H57O2.W/c1-6-7-8-9-10-11-12-13-14-15-16-17-18-19-20-21-22-23-24-31(32)33-27-30(29(4)5)26-25-28(2)3;/h8-9,11-12,18,28-30H,6-7,10,13-17,19-27H2,1-5H3;/q-1;/b9-8-,12-11-;. The summed E-state index contributed by atoms with van der Waals surface area (Å²) < 4.78 is 5.58. The average Bonchev–Trinajstić information content (AvgIpc) is 2.77. The molecule has 0 aromatic heterocycles. The summed E-state index contributed by atoms with van der Waals surface area (Å²) in [6.07, 6.45) is 30.4. The number of unbranched alkanes of at least 4 members (excludes halogenated alkanes) is 11. The Balaban J connectivity index is 0. The Morgan fingerprint density at radius 2 is 1.41 bits per heavy atom. The van der Waals surface area contributed by atoms with E-state index in [1.165, 1.54) is 70.6 Å². The molecule has 0 amide bonds. The van der Waals surface area contributed by atoms with Gasteiger partial charge in [0.2, 0.25) is 0 Å². The average molecular weight is 646 g/mol. The minimum absolute atomic E-state index is 0. The van der Waals surface area contributed by atoms with Gasteiger partial charge in [-0.3, -0.25) is 4.79 Å². The van der Waals surface area contributed by atoms with E-state index in [9.17, 15) is 4.79 Å². The van der Waals surface area contributed by atoms with Crippen molar-refractivity contribution in [3.63, 3.8) is 0 Å². The van der Waals surface area contributed by atoms with E-state index in [1.807, 2.05) is 0 Å². The van der Waals surface area contributed by atoms with Crippen molar-refractivity contribution in [2.24, 2.45) is 17.8 Å². The van der Waals surface area contributed by atoms with E-state index in [4.69, 9.17) is 4.74 Å². The smallest absolute Gasteiger partial charge is 0.305 e. The second-order valence-corrected chi connectivity index (χ2v) is 10.5. The molecule has 0 fully saturated rings. The van der Waals surface area contributed by atoms with Gasteiger partial charge in [0.05, 0.1) is 6.61 Å². The molecule has 0 aromatic carbocycles. The van der Waals surface area contributed by atoms with Crippen LogP contribution >= 0.6 is 0 Å². The third kappa shape index (κ3) is 26.2. The van der Waals surface area contributed by atoms with E-state index in [2.05, 4.69) is 65.3 Å². The van der Waals surface area contributed by atoms with Crippen LogP contribution in [0.25, 0.3) is 0 Å². The monoisotopic (exact) mass is 645 g/mol. The molecule has 0 aliphatic carbocycles. The fourth-order valence-electron chi connectivity index (χ4n) is 3.89. The Morgan fingerprint density at radius 1 is 0.794 bits per heavy atom. The summed E-state index contributed by atoms with van der Waals surface area (Å²) in [7, 11) is 0. The second-order valence-electron chi connectivity index (χ2n) is 10.5. The van der Waals surface area contributed by atoms with Gasteiger partial charge in [-0.1, -0.05) is 104 Å². The van der Waals surface area contributed by atoms with Gasteiger partial charge >= 0.3 is 5.97 Å². The topological polar surface area (TPSA) is 26.3 Å². The van der Waals surface area contributed by atoms with Crippen LogP contribution in [0.15, 0.2) is 24.3 Å². The molecule has 0 bridgehead atoms. The molecule has 0 spiro atoms. The van der Waals surface area contributed by atoms with Crippen molar-refractivity contribution < 1.29 is 30.6 Å². The fraction of sp³-hybridized carbons (Fsp3) is 0.806. The first-order chi connectivity index (χ1) is 16.0. The predicted molar refractivity (Wildman–Crippen MR) is 146 cm³/mol. The molecule has 0 saturated heterocycles. The van der Waals surface area contributed by atoms with Crippen molar-refractivity contribution in [3.8, 4) is 0 Å². The van der Waals surface area contributed by atoms with E-state index in [1.54, 1.807) is 0 Å². The maximum Gasteiger partial charge on any atom is 0.305 e. The summed E-state index contributed by atoms with van der Waals surface area (Å²) in [6, 6.07) is 0. The third-order valence-corrected chi connectivity index (χ3v) is 6.40. The van der Waals surface area contributed by atoms with Crippen LogP contribution in [0.1, 0.15) is 137 Å². The Hall–Kier alpha value is -0.362. The molecule has 0 aromatic rings. The Bertz CT molecular complexity index is 482. The van der Waals surface area contributed by atoms with Crippen LogP contribution in [0.4, 0.5) is 0 Å². The number of carbonyl (C=O) groups excluding carboxylic acids is 1. The maximum absolute atomic E-state index is 12.0. The molecule has 3 heteroatoms. The van der Waals surface area contributed by atoms with E-state index in [0.717, 1.165) is 31.6 Å². The van der Waals surface area contributed by atoms with Gasteiger partial charge in [0.15, 0.2) is 0 Å². The van der Waals surface area contributed by atoms with Crippen molar-refractivity contribution >= 4 is 5.97 Å². The Kier molecular flexibility index (Phi) is 28.7. The number of esters is 1. The van der Waals surface area contributed by atoms with Crippen LogP contribution in [0, 0.1) is 24.2 Å². The van der Waals surface area contributed by atoms with Crippen LogP contribution < -0.4 is 0 Å². The SMILES string of the molecule is CCC/C=C\C/C=C\CCCCC[CH-]CCCCCCC(=O)OCC(CCC(C)C)C(C)C.[W]. The molecule has 0 rings (SSSR count). The van der Waals surface area contributed by atoms with Crippen molar-refractivity contribution in [1.29, 1.82) is 0 Å². The number of rotatable bonds is 23. The summed E-state index contributed by atoms with van der Waals surface area (Å²) in [6.45, 7) is 11.8. The molecule has 1 atom stereocenters. The normalized spacial score (nSPS) is 12.7. The fourth-order valence-corrected chi connectivity index (χ4v) is 3.89. The first-order valence-corrected chi connectivity index (χ1v) is 14.2. The molecule has 0 aliphatic heterocycles. The zero-order valence-electron chi connectivity index (χ0n) is 23.4. The van der Waals surface area contributed by atoms with Gasteiger partial charge in [-0.05, 0) is 56.3 Å². The quantitative estimate of drug-likeness (QED) is 0.0479. The number of carbonyl (C=O) groups is 1. The number of hydrogen-bond donors (Lipinski definition) is 0. The van der Waals surface area contributed by atoms with Gasteiger partial charge in [-0.2, -0.15) is 12.8 Å². The Morgan fingerprint density at radius 3 is 2.03 bits per heavy atom. The van der Waals surface area contributed by atoms with Crippen LogP contribution in [0.3, 0.4) is 0 Å². The molecule has 0 N–H and O–H groups in total. The molecular formula is C31H57O2W-. The minimum atomic E-state index is -0.000405. The molecule has 0 saturated carbocycles. The van der Waals surface area contributed by atoms with Crippen LogP contribution in [0.5, 0.6) is 0 Å². The molecule has 34 heavy (non-hydrogen) atoms. The minimum Gasteiger partial charge on any atom is -0.465 e. The summed E-state index contributed by atoms with van der Waals surface area (Å²) in [4.78, 5) is 12.0.